The smallest absolute Gasteiger partial charge is 0.276 e. The standard InChI is InChI=1S/C39H48ClN5O6S/c1-25-31(21-42-44(25)5)36(46)43-52(48)29-13-16-35-33(20-29)45(23-39(24-50-35)17-7-9-26-19-28(40)12-15-32(26)39)22-27-11-14-30(27)34(49-6)10-8-18-51-38(2,3)37(47)41-4/h8,10,12-13,15-16,19-21,27,30,34H,4,7,9,11,14,17-18,22-24H2,1-3,5-6H3,(H,43,46)/b10-8+/t27-,30+,34-,39-,52?/m0/s1. The molecule has 3 aromatic rings. The number of nitrogens with zero attached hydrogens (tertiary/aromatic N) is 4. The average Bonchev–Trinajstić information content (AvgIpc) is 3.37. The molecule has 11 nitrogen and oxygen atoms in total. The normalized spacial score (nSPS) is 22.5. The van der Waals surface area contributed by atoms with E-state index < -0.39 is 28.4 Å². The fourth-order valence-corrected chi connectivity index (χ4v) is 8.76. The number of aliphatic imine (C=N–C) groups is 1. The number of carbonyl (C=O) groups excluding carboxylic acids is 2. The van der Waals surface area contributed by atoms with Gasteiger partial charge in [0.1, 0.15) is 11.4 Å². The van der Waals surface area contributed by atoms with Gasteiger partial charge in [-0.1, -0.05) is 29.8 Å². The highest BCUT2D eigenvalue weighted by atomic mass is 35.5. The van der Waals surface area contributed by atoms with E-state index in [1.54, 1.807) is 45.7 Å². The molecule has 0 radical (unpaired) electrons. The first kappa shape index (κ1) is 37.9. The van der Waals surface area contributed by atoms with Crippen molar-refractivity contribution in [3.8, 4) is 5.75 Å². The number of amides is 2. The van der Waals surface area contributed by atoms with Gasteiger partial charge in [-0.15, -0.1) is 0 Å². The summed E-state index contributed by atoms with van der Waals surface area (Å²) in [4.78, 5) is 31.5. The van der Waals surface area contributed by atoms with Gasteiger partial charge in [-0.05, 0) is 113 Å². The van der Waals surface area contributed by atoms with Gasteiger partial charge in [0, 0.05) is 43.4 Å². The fourth-order valence-electron chi connectivity index (χ4n) is 7.76. The van der Waals surface area contributed by atoms with E-state index in [2.05, 4.69) is 38.6 Å². The number of aromatic nitrogens is 2. The summed E-state index contributed by atoms with van der Waals surface area (Å²) in [5, 5.41) is 4.88. The highest BCUT2D eigenvalue weighted by molar-refractivity contribution is 7.83. The van der Waals surface area contributed by atoms with Crippen molar-refractivity contribution in [2.75, 3.05) is 38.3 Å². The Kier molecular flexibility index (Phi) is 11.4. The number of methoxy groups -OCH3 is 1. The van der Waals surface area contributed by atoms with Crippen LogP contribution in [0.3, 0.4) is 0 Å². The van der Waals surface area contributed by atoms with Gasteiger partial charge in [-0.25, -0.2) is 9.20 Å². The number of anilines is 1. The lowest BCUT2D eigenvalue weighted by Crippen LogP contribution is -2.49. The Morgan fingerprint density at radius 2 is 2.08 bits per heavy atom. The van der Waals surface area contributed by atoms with Crippen LogP contribution < -0.4 is 14.4 Å². The van der Waals surface area contributed by atoms with Crippen molar-refractivity contribution in [2.24, 2.45) is 23.9 Å². The predicted octanol–water partition coefficient (Wildman–Crippen LogP) is 5.93. The first-order valence-corrected chi connectivity index (χ1v) is 19.2. The summed E-state index contributed by atoms with van der Waals surface area (Å²) in [7, 11) is 1.66. The third-order valence-electron chi connectivity index (χ3n) is 11.0. The van der Waals surface area contributed by atoms with E-state index in [0.29, 0.717) is 35.2 Å². The minimum Gasteiger partial charge on any atom is -0.490 e. The Morgan fingerprint density at radius 1 is 1.27 bits per heavy atom. The molecule has 278 valence electrons. The van der Waals surface area contributed by atoms with Crippen LogP contribution in [0, 0.1) is 18.8 Å². The predicted molar refractivity (Wildman–Crippen MR) is 203 cm³/mol. The van der Waals surface area contributed by atoms with Crippen LogP contribution in [0.25, 0.3) is 0 Å². The molecule has 1 fully saturated rings. The van der Waals surface area contributed by atoms with Crippen LogP contribution in [0.2, 0.25) is 5.02 Å². The molecule has 1 unspecified atom stereocenters. The van der Waals surface area contributed by atoms with Crippen molar-refractivity contribution in [1.29, 1.82) is 0 Å². The van der Waals surface area contributed by atoms with Crippen LogP contribution in [0.4, 0.5) is 5.69 Å². The third kappa shape index (κ3) is 7.76. The van der Waals surface area contributed by atoms with E-state index in [1.807, 2.05) is 30.4 Å². The Hall–Kier alpha value is -3.84. The summed E-state index contributed by atoms with van der Waals surface area (Å²) in [6.07, 6.45) is 10.2. The zero-order valence-electron chi connectivity index (χ0n) is 30.5. The first-order chi connectivity index (χ1) is 24.9. The van der Waals surface area contributed by atoms with Crippen molar-refractivity contribution in [2.45, 2.75) is 74.9 Å². The van der Waals surface area contributed by atoms with E-state index in [9.17, 15) is 13.8 Å². The molecule has 1 saturated carbocycles. The van der Waals surface area contributed by atoms with Gasteiger partial charge in [0.2, 0.25) is 0 Å². The molecule has 13 heteroatoms. The van der Waals surface area contributed by atoms with Gasteiger partial charge in [-0.3, -0.25) is 19.0 Å². The minimum absolute atomic E-state index is 0.141. The van der Waals surface area contributed by atoms with E-state index in [4.69, 9.17) is 25.8 Å². The molecule has 0 bridgehead atoms. The molecule has 2 amide bonds. The Morgan fingerprint density at radius 3 is 2.77 bits per heavy atom. The number of carbonyl (C=O) groups is 2. The van der Waals surface area contributed by atoms with Gasteiger partial charge < -0.3 is 19.1 Å². The number of aryl methyl sites for hydroxylation is 2. The monoisotopic (exact) mass is 749 g/mol. The Bertz CT molecular complexity index is 1890. The maximum atomic E-state index is 13.6. The number of hydrogen-bond acceptors (Lipinski definition) is 8. The van der Waals surface area contributed by atoms with Gasteiger partial charge in [0.05, 0.1) is 41.7 Å². The molecular formula is C39H48ClN5O6S. The highest BCUT2D eigenvalue weighted by Crippen LogP contribution is 2.47. The lowest BCUT2D eigenvalue weighted by Gasteiger charge is -2.46. The molecule has 1 aliphatic heterocycles. The van der Waals surface area contributed by atoms with Crippen LogP contribution in [0.15, 0.2) is 64.6 Å². The van der Waals surface area contributed by atoms with Crippen LogP contribution in [0.1, 0.15) is 66.7 Å². The van der Waals surface area contributed by atoms with Crippen LogP contribution in [0.5, 0.6) is 5.75 Å². The molecule has 2 aliphatic carbocycles. The maximum absolute atomic E-state index is 13.6. The van der Waals surface area contributed by atoms with Crippen molar-refractivity contribution < 1.29 is 28.0 Å². The second-order valence-corrected chi connectivity index (χ2v) is 16.3. The highest BCUT2D eigenvalue weighted by Gasteiger charge is 2.44. The van der Waals surface area contributed by atoms with Crippen LogP contribution in [-0.4, -0.2) is 77.6 Å². The summed E-state index contributed by atoms with van der Waals surface area (Å²) >= 11 is 6.46. The topological polar surface area (TPSA) is 124 Å². The Balaban J connectivity index is 1.27. The van der Waals surface area contributed by atoms with Gasteiger partial charge in [-0.2, -0.15) is 5.10 Å². The zero-order valence-corrected chi connectivity index (χ0v) is 32.1. The first-order valence-electron chi connectivity index (χ1n) is 17.7. The Labute approximate surface area is 313 Å². The van der Waals surface area contributed by atoms with Crippen molar-refractivity contribution in [1.82, 2.24) is 14.5 Å². The molecule has 6 rings (SSSR count). The molecule has 1 spiro atoms. The van der Waals surface area contributed by atoms with Gasteiger partial charge >= 0.3 is 0 Å². The van der Waals surface area contributed by atoms with Crippen molar-refractivity contribution in [3.05, 3.63) is 82.2 Å². The molecule has 2 heterocycles. The number of fused-ring (bicyclic) bond motifs is 3. The largest absolute Gasteiger partial charge is 0.490 e. The number of benzene rings is 2. The molecule has 5 atom stereocenters. The van der Waals surface area contributed by atoms with E-state index in [0.717, 1.165) is 55.1 Å². The average molecular weight is 750 g/mol. The zero-order chi connectivity index (χ0) is 37.2. The van der Waals surface area contributed by atoms with Crippen molar-refractivity contribution >= 4 is 46.8 Å². The number of nitrogens with one attached hydrogen (secondary N) is 1. The molecule has 2 aromatic carbocycles. The van der Waals surface area contributed by atoms with E-state index in [1.165, 1.54) is 17.3 Å². The number of hydrogen-bond donors (Lipinski definition) is 1. The van der Waals surface area contributed by atoms with Crippen molar-refractivity contribution in [3.63, 3.8) is 0 Å². The number of ether oxygens (including phenoxy) is 3. The lowest BCUT2D eigenvalue weighted by molar-refractivity contribution is -0.137. The second kappa shape index (κ2) is 15.6. The third-order valence-corrected chi connectivity index (χ3v) is 12.3. The van der Waals surface area contributed by atoms with Gasteiger partial charge in [0.15, 0.2) is 11.0 Å². The summed E-state index contributed by atoms with van der Waals surface area (Å²) < 4.78 is 36.3. The second-order valence-electron chi connectivity index (χ2n) is 14.6. The van der Waals surface area contributed by atoms with Crippen LogP contribution in [-0.2, 0) is 44.1 Å². The number of halogens is 1. The quantitative estimate of drug-likeness (QED) is 0.179. The molecule has 3 aliphatic rings. The summed E-state index contributed by atoms with van der Waals surface area (Å²) in [6, 6.07) is 11.7. The molecular weight excluding hydrogens is 702 g/mol. The van der Waals surface area contributed by atoms with E-state index >= 15 is 0 Å². The molecule has 1 aromatic heterocycles. The number of rotatable bonds is 12. The molecule has 0 saturated heterocycles. The maximum Gasteiger partial charge on any atom is 0.276 e. The minimum atomic E-state index is -1.82. The SMILES string of the molecule is C=NC(=O)C(C)(C)OC/C=C/[C@H](OC)[C@@H]1CC[C@H]1CN1C[C@@]2(CCCc3cc(Cl)ccc32)COc2ccc(S(=O)NC(=O)c3cnn(C)c3C)cc21. The molecule has 1 N–H and O–H groups in total. The van der Waals surface area contributed by atoms with Gasteiger partial charge in [0.25, 0.3) is 11.8 Å². The van der Waals surface area contributed by atoms with Crippen LogP contribution >= 0.6 is 11.6 Å². The lowest BCUT2D eigenvalue weighted by atomic mass is 9.68. The summed E-state index contributed by atoms with van der Waals surface area (Å²) in [6.45, 7) is 10.7. The summed E-state index contributed by atoms with van der Waals surface area (Å²) in [5.74, 6) is 0.417. The molecule has 52 heavy (non-hydrogen) atoms. The van der Waals surface area contributed by atoms with E-state index in [-0.39, 0.29) is 24.0 Å². The fraction of sp³-hybridized carbons (Fsp3) is 0.487. The summed E-state index contributed by atoms with van der Waals surface area (Å²) in [5.41, 5.74) is 3.10.